The smallest absolute Gasteiger partial charge is 0.355 e. The standard InChI is InChI=1S/C19H30N2O4/c1-8-11-21(15(22)9-2)14(6)18(23)16-12(4)17(19(24)25-10-3)20(7)13(16)5/h14H,8-11H2,1-7H3. The van der Waals surface area contributed by atoms with Gasteiger partial charge in [-0.2, -0.15) is 0 Å². The van der Waals surface area contributed by atoms with Gasteiger partial charge in [0.15, 0.2) is 5.78 Å². The summed E-state index contributed by atoms with van der Waals surface area (Å²) in [7, 11) is 1.75. The van der Waals surface area contributed by atoms with E-state index in [1.165, 1.54) is 0 Å². The summed E-state index contributed by atoms with van der Waals surface area (Å²) in [5.74, 6) is -0.622. The van der Waals surface area contributed by atoms with Crippen LogP contribution in [0.25, 0.3) is 0 Å². The zero-order chi connectivity index (χ0) is 19.3. The fourth-order valence-electron chi connectivity index (χ4n) is 3.16. The molecule has 0 radical (unpaired) electrons. The van der Waals surface area contributed by atoms with Crippen molar-refractivity contribution in [3.8, 4) is 0 Å². The van der Waals surface area contributed by atoms with Gasteiger partial charge in [-0.25, -0.2) is 4.79 Å². The van der Waals surface area contributed by atoms with E-state index < -0.39 is 12.0 Å². The van der Waals surface area contributed by atoms with Crippen molar-refractivity contribution in [2.75, 3.05) is 13.2 Å². The van der Waals surface area contributed by atoms with Crippen molar-refractivity contribution in [2.45, 2.75) is 60.4 Å². The van der Waals surface area contributed by atoms with Crippen LogP contribution < -0.4 is 0 Å². The van der Waals surface area contributed by atoms with E-state index in [0.717, 1.165) is 6.42 Å². The first-order valence-electron chi connectivity index (χ1n) is 8.89. The third-order valence-corrected chi connectivity index (χ3v) is 4.58. The highest BCUT2D eigenvalue weighted by molar-refractivity contribution is 6.06. The van der Waals surface area contributed by atoms with Crippen molar-refractivity contribution < 1.29 is 19.1 Å². The first kappa shape index (κ1) is 20.9. The molecule has 140 valence electrons. The maximum Gasteiger partial charge on any atom is 0.355 e. The van der Waals surface area contributed by atoms with Crippen LogP contribution in [0.3, 0.4) is 0 Å². The molecule has 0 aliphatic carbocycles. The maximum atomic E-state index is 13.1. The monoisotopic (exact) mass is 350 g/mol. The van der Waals surface area contributed by atoms with Crippen LogP contribution >= 0.6 is 0 Å². The number of ketones is 1. The van der Waals surface area contributed by atoms with E-state index in [1.54, 1.807) is 44.2 Å². The van der Waals surface area contributed by atoms with Gasteiger partial charge in [-0.1, -0.05) is 13.8 Å². The number of nitrogens with zero attached hydrogens (tertiary/aromatic N) is 2. The number of amides is 1. The molecule has 0 saturated carbocycles. The highest BCUT2D eigenvalue weighted by atomic mass is 16.5. The highest BCUT2D eigenvalue weighted by Gasteiger charge is 2.31. The van der Waals surface area contributed by atoms with Crippen molar-refractivity contribution in [3.05, 3.63) is 22.5 Å². The number of aromatic nitrogens is 1. The van der Waals surface area contributed by atoms with E-state index in [4.69, 9.17) is 4.74 Å². The van der Waals surface area contributed by atoms with Crippen molar-refractivity contribution in [2.24, 2.45) is 7.05 Å². The molecule has 0 aliphatic heterocycles. The molecule has 0 spiro atoms. The number of Topliss-reactive ketones (excluding diaryl/α,β-unsaturated/α-hetero) is 1. The Bertz CT molecular complexity index is 661. The Hall–Kier alpha value is -2.11. The summed E-state index contributed by atoms with van der Waals surface area (Å²) in [4.78, 5) is 39.2. The number of rotatable bonds is 8. The van der Waals surface area contributed by atoms with Gasteiger partial charge >= 0.3 is 5.97 Å². The lowest BCUT2D eigenvalue weighted by atomic mass is 9.99. The topological polar surface area (TPSA) is 68.6 Å². The van der Waals surface area contributed by atoms with Crippen LogP contribution in [0.1, 0.15) is 72.6 Å². The van der Waals surface area contributed by atoms with E-state index in [2.05, 4.69) is 0 Å². The number of ether oxygens (including phenoxy) is 1. The Labute approximate surface area is 150 Å². The molecule has 6 heteroatoms. The second-order valence-corrected chi connectivity index (χ2v) is 6.19. The van der Waals surface area contributed by atoms with Crippen LogP contribution in [-0.4, -0.2) is 46.3 Å². The van der Waals surface area contributed by atoms with E-state index >= 15 is 0 Å². The molecular weight excluding hydrogens is 320 g/mol. The van der Waals surface area contributed by atoms with Crippen molar-refractivity contribution in [1.82, 2.24) is 9.47 Å². The lowest BCUT2D eigenvalue weighted by molar-refractivity contribution is -0.132. The minimum atomic E-state index is -0.567. The van der Waals surface area contributed by atoms with Gasteiger partial charge in [-0.15, -0.1) is 0 Å². The fraction of sp³-hybridized carbons (Fsp3) is 0.632. The van der Waals surface area contributed by atoms with Gasteiger partial charge in [-0.05, 0) is 39.7 Å². The Morgan fingerprint density at radius 1 is 1.16 bits per heavy atom. The van der Waals surface area contributed by atoms with Crippen LogP contribution in [0.5, 0.6) is 0 Å². The average Bonchev–Trinajstić information content (AvgIpc) is 2.80. The minimum Gasteiger partial charge on any atom is -0.461 e. The number of carbonyl (C=O) groups excluding carboxylic acids is 3. The molecule has 1 unspecified atom stereocenters. The van der Waals surface area contributed by atoms with E-state index in [0.29, 0.717) is 35.5 Å². The van der Waals surface area contributed by atoms with E-state index in [-0.39, 0.29) is 18.3 Å². The molecule has 1 atom stereocenters. The van der Waals surface area contributed by atoms with Crippen LogP contribution in [0.4, 0.5) is 0 Å². The van der Waals surface area contributed by atoms with Gasteiger partial charge in [0.05, 0.1) is 12.6 Å². The second-order valence-electron chi connectivity index (χ2n) is 6.19. The summed E-state index contributed by atoms with van der Waals surface area (Å²) < 4.78 is 6.80. The van der Waals surface area contributed by atoms with Gasteiger partial charge in [-0.3, -0.25) is 9.59 Å². The Morgan fingerprint density at radius 3 is 2.24 bits per heavy atom. The molecule has 25 heavy (non-hydrogen) atoms. The summed E-state index contributed by atoms with van der Waals surface area (Å²) in [6, 6.07) is -0.567. The van der Waals surface area contributed by atoms with E-state index in [1.807, 2.05) is 13.8 Å². The molecular formula is C19H30N2O4. The van der Waals surface area contributed by atoms with Gasteiger partial charge in [0.2, 0.25) is 5.91 Å². The molecule has 1 amide bonds. The minimum absolute atomic E-state index is 0.0421. The third kappa shape index (κ3) is 4.11. The van der Waals surface area contributed by atoms with Crippen LogP contribution in [0.15, 0.2) is 0 Å². The molecule has 1 rings (SSSR count). The molecule has 0 N–H and O–H groups in total. The summed E-state index contributed by atoms with van der Waals surface area (Å²) in [6.07, 6.45) is 1.14. The lowest BCUT2D eigenvalue weighted by Gasteiger charge is -2.28. The molecule has 1 heterocycles. The zero-order valence-electron chi connectivity index (χ0n) is 16.4. The number of hydrogen-bond acceptors (Lipinski definition) is 4. The highest BCUT2D eigenvalue weighted by Crippen LogP contribution is 2.25. The summed E-state index contributed by atoms with van der Waals surface area (Å²) in [5, 5.41) is 0. The maximum absolute atomic E-state index is 13.1. The molecule has 0 saturated heterocycles. The summed E-state index contributed by atoms with van der Waals surface area (Å²) in [5.41, 5.74) is 2.20. The number of esters is 1. The Morgan fingerprint density at radius 2 is 1.76 bits per heavy atom. The van der Waals surface area contributed by atoms with Gasteiger partial charge in [0.1, 0.15) is 5.69 Å². The average molecular weight is 350 g/mol. The molecule has 0 bridgehead atoms. The summed E-state index contributed by atoms with van der Waals surface area (Å²) in [6.45, 7) is 11.6. The lowest BCUT2D eigenvalue weighted by Crippen LogP contribution is -2.43. The molecule has 6 nitrogen and oxygen atoms in total. The Kier molecular flexibility index (Phi) is 7.39. The van der Waals surface area contributed by atoms with Crippen LogP contribution in [-0.2, 0) is 16.6 Å². The number of carbonyl (C=O) groups is 3. The first-order chi connectivity index (χ1) is 11.7. The molecule has 0 aromatic carbocycles. The largest absolute Gasteiger partial charge is 0.461 e. The molecule has 1 aromatic heterocycles. The van der Waals surface area contributed by atoms with Gasteiger partial charge in [0.25, 0.3) is 0 Å². The third-order valence-electron chi connectivity index (χ3n) is 4.58. The molecule has 1 aromatic rings. The van der Waals surface area contributed by atoms with Crippen LogP contribution in [0, 0.1) is 13.8 Å². The van der Waals surface area contributed by atoms with Gasteiger partial charge in [0, 0.05) is 31.3 Å². The normalized spacial score (nSPS) is 12.0. The zero-order valence-corrected chi connectivity index (χ0v) is 16.4. The molecule has 0 fully saturated rings. The molecule has 0 aliphatic rings. The number of hydrogen-bond donors (Lipinski definition) is 0. The first-order valence-corrected chi connectivity index (χ1v) is 8.89. The summed E-state index contributed by atoms with van der Waals surface area (Å²) >= 11 is 0. The SMILES string of the molecule is CCCN(C(=O)CC)C(C)C(=O)c1c(C)c(C(=O)OCC)n(C)c1C. The predicted octanol–water partition coefficient (Wildman–Crippen LogP) is 3.04. The van der Waals surface area contributed by atoms with Crippen molar-refractivity contribution in [1.29, 1.82) is 0 Å². The van der Waals surface area contributed by atoms with E-state index in [9.17, 15) is 14.4 Å². The van der Waals surface area contributed by atoms with Crippen LogP contribution in [0.2, 0.25) is 0 Å². The predicted molar refractivity (Wildman–Crippen MR) is 96.9 cm³/mol. The van der Waals surface area contributed by atoms with Crippen molar-refractivity contribution in [3.63, 3.8) is 0 Å². The van der Waals surface area contributed by atoms with Crippen molar-refractivity contribution >= 4 is 17.7 Å². The second kappa shape index (κ2) is 8.83. The Balaban J connectivity index is 3.31. The quantitative estimate of drug-likeness (QED) is 0.534. The fourth-order valence-corrected chi connectivity index (χ4v) is 3.16. The van der Waals surface area contributed by atoms with Gasteiger partial charge < -0.3 is 14.2 Å².